The number of benzene rings is 1. The smallest absolute Gasteiger partial charge is 0.0872 e. The molecule has 0 nitrogen and oxygen atoms in total. The van der Waals surface area contributed by atoms with Crippen LogP contribution in [-0.4, -0.2) is 7.28 Å². The van der Waals surface area contributed by atoms with Gasteiger partial charge in [0.05, 0.1) is 0 Å². The molecular formula is C10H14B. The average Bonchev–Trinajstić information content (AvgIpc) is 2.04. The van der Waals surface area contributed by atoms with Crippen LogP contribution in [0.25, 0.3) is 0 Å². The van der Waals surface area contributed by atoms with E-state index in [0.29, 0.717) is 5.92 Å². The zero-order valence-corrected chi connectivity index (χ0v) is 7.46. The van der Waals surface area contributed by atoms with Crippen LogP contribution in [0.1, 0.15) is 25.3 Å². The maximum atomic E-state index is 2.22. The molecule has 1 heteroatoms. The lowest BCUT2D eigenvalue weighted by Crippen LogP contribution is -2.16. The maximum Gasteiger partial charge on any atom is 0.148 e. The molecule has 1 aromatic rings. The van der Waals surface area contributed by atoms with Crippen LogP contribution in [0.5, 0.6) is 0 Å². The van der Waals surface area contributed by atoms with Crippen molar-refractivity contribution in [2.75, 3.05) is 0 Å². The zero-order valence-electron chi connectivity index (χ0n) is 7.46. The fraction of sp³-hybridized carbons (Fsp3) is 0.400. The lowest BCUT2D eigenvalue weighted by molar-refractivity contribution is 0.873. The molecule has 0 aromatic heterocycles. The lowest BCUT2D eigenvalue weighted by Gasteiger charge is -2.09. The summed E-state index contributed by atoms with van der Waals surface area (Å²) < 4.78 is 0. The van der Waals surface area contributed by atoms with Crippen molar-refractivity contribution in [3.63, 3.8) is 0 Å². The van der Waals surface area contributed by atoms with Crippen molar-refractivity contribution in [2.24, 2.45) is 0 Å². The molecule has 1 aromatic carbocycles. The first-order chi connectivity index (χ1) is 5.25. The van der Waals surface area contributed by atoms with E-state index in [2.05, 4.69) is 52.2 Å². The first kappa shape index (κ1) is 8.38. The van der Waals surface area contributed by atoms with Gasteiger partial charge in [-0.2, -0.15) is 0 Å². The Hall–Kier alpha value is -0.715. The summed E-state index contributed by atoms with van der Waals surface area (Å²) in [5, 5.41) is 0. The Morgan fingerprint density at radius 1 is 1.18 bits per heavy atom. The van der Waals surface area contributed by atoms with Gasteiger partial charge in [-0.25, -0.2) is 0 Å². The molecule has 0 spiro atoms. The topological polar surface area (TPSA) is 0 Å². The summed E-state index contributed by atoms with van der Waals surface area (Å²) in [7, 11) is 2.16. The van der Waals surface area contributed by atoms with Crippen molar-refractivity contribution in [2.45, 2.75) is 26.6 Å². The maximum absolute atomic E-state index is 2.22. The number of hydrogen-bond acceptors (Lipinski definition) is 0. The predicted molar refractivity (Wildman–Crippen MR) is 51.8 cm³/mol. The third-order valence-corrected chi connectivity index (χ3v) is 1.93. The average molecular weight is 145 g/mol. The molecule has 0 N–H and O–H groups in total. The van der Waals surface area contributed by atoms with Crippen LogP contribution in [0.4, 0.5) is 0 Å². The van der Waals surface area contributed by atoms with E-state index < -0.39 is 0 Å². The summed E-state index contributed by atoms with van der Waals surface area (Å²) in [6.07, 6.45) is 0. The second kappa shape index (κ2) is 3.61. The van der Waals surface area contributed by atoms with Crippen LogP contribution < -0.4 is 5.46 Å². The Morgan fingerprint density at radius 3 is 2.27 bits per heavy atom. The fourth-order valence-corrected chi connectivity index (χ4v) is 1.30. The van der Waals surface area contributed by atoms with E-state index in [0.717, 1.165) is 0 Å². The lowest BCUT2D eigenvalue weighted by atomic mass is 9.69. The van der Waals surface area contributed by atoms with Crippen LogP contribution in [0.2, 0.25) is 6.82 Å². The molecular weight excluding hydrogens is 131 g/mol. The molecule has 0 fully saturated rings. The monoisotopic (exact) mass is 145 g/mol. The van der Waals surface area contributed by atoms with Crippen molar-refractivity contribution in [3.8, 4) is 0 Å². The van der Waals surface area contributed by atoms with Gasteiger partial charge in [-0.1, -0.05) is 56.0 Å². The summed E-state index contributed by atoms with van der Waals surface area (Å²) in [6, 6.07) is 8.54. The van der Waals surface area contributed by atoms with Crippen LogP contribution in [0.3, 0.4) is 0 Å². The van der Waals surface area contributed by atoms with Crippen molar-refractivity contribution in [1.29, 1.82) is 0 Å². The standard InChI is InChI=1S/C10H14B/c1-8(2)9-6-4-5-7-10(9)11-3/h4-8H,1-3H3. The first-order valence-electron chi connectivity index (χ1n) is 4.14. The van der Waals surface area contributed by atoms with E-state index in [9.17, 15) is 0 Å². The molecule has 0 aliphatic rings. The third-order valence-electron chi connectivity index (χ3n) is 1.93. The van der Waals surface area contributed by atoms with Crippen molar-refractivity contribution >= 4 is 12.7 Å². The van der Waals surface area contributed by atoms with Gasteiger partial charge in [0.1, 0.15) is 7.28 Å². The Labute approximate surface area is 69.9 Å². The highest BCUT2D eigenvalue weighted by atomic mass is 14.0. The normalized spacial score (nSPS) is 10.2. The SMILES string of the molecule is C[B]c1ccccc1C(C)C. The van der Waals surface area contributed by atoms with Crippen molar-refractivity contribution in [3.05, 3.63) is 29.8 Å². The Morgan fingerprint density at radius 2 is 1.82 bits per heavy atom. The van der Waals surface area contributed by atoms with Gasteiger partial charge in [0, 0.05) is 0 Å². The van der Waals surface area contributed by atoms with Crippen LogP contribution in [0.15, 0.2) is 24.3 Å². The van der Waals surface area contributed by atoms with E-state index >= 15 is 0 Å². The summed E-state index contributed by atoms with van der Waals surface area (Å²) >= 11 is 0. The van der Waals surface area contributed by atoms with Gasteiger partial charge in [0.2, 0.25) is 0 Å². The molecule has 1 rings (SSSR count). The van der Waals surface area contributed by atoms with Gasteiger partial charge in [0.15, 0.2) is 0 Å². The molecule has 0 amide bonds. The molecule has 0 aliphatic carbocycles. The molecule has 0 unspecified atom stereocenters. The van der Waals surface area contributed by atoms with Gasteiger partial charge in [0.25, 0.3) is 0 Å². The van der Waals surface area contributed by atoms with E-state index in [-0.39, 0.29) is 0 Å². The van der Waals surface area contributed by atoms with E-state index in [4.69, 9.17) is 0 Å². The Balaban J connectivity index is 3.02. The second-order valence-corrected chi connectivity index (χ2v) is 3.07. The minimum Gasteiger partial charge on any atom is -0.0872 e. The highest BCUT2D eigenvalue weighted by Crippen LogP contribution is 2.10. The molecule has 0 aliphatic heterocycles. The van der Waals surface area contributed by atoms with Crippen molar-refractivity contribution in [1.82, 2.24) is 0 Å². The van der Waals surface area contributed by atoms with Gasteiger partial charge in [-0.15, -0.1) is 0 Å². The second-order valence-electron chi connectivity index (χ2n) is 3.07. The Kier molecular flexibility index (Phi) is 2.75. The quantitative estimate of drug-likeness (QED) is 0.559. The molecule has 1 radical (unpaired) electrons. The summed E-state index contributed by atoms with van der Waals surface area (Å²) in [4.78, 5) is 0. The van der Waals surface area contributed by atoms with Crippen LogP contribution in [0, 0.1) is 0 Å². The molecule has 0 saturated heterocycles. The molecule has 11 heavy (non-hydrogen) atoms. The molecule has 0 bridgehead atoms. The van der Waals surface area contributed by atoms with Crippen molar-refractivity contribution < 1.29 is 0 Å². The predicted octanol–water partition coefficient (Wildman–Crippen LogP) is 2.19. The van der Waals surface area contributed by atoms with E-state index in [1.807, 2.05) is 0 Å². The minimum atomic E-state index is 0.627. The molecule has 0 atom stereocenters. The van der Waals surface area contributed by atoms with Gasteiger partial charge in [-0.05, 0) is 5.92 Å². The fourth-order valence-electron chi connectivity index (χ4n) is 1.30. The number of rotatable bonds is 2. The largest absolute Gasteiger partial charge is 0.148 e. The van der Waals surface area contributed by atoms with Gasteiger partial charge in [-0.3, -0.25) is 0 Å². The van der Waals surface area contributed by atoms with E-state index in [1.165, 1.54) is 11.0 Å². The van der Waals surface area contributed by atoms with E-state index in [1.54, 1.807) is 0 Å². The molecule has 57 valence electrons. The van der Waals surface area contributed by atoms with Crippen LogP contribution >= 0.6 is 0 Å². The summed E-state index contributed by atoms with van der Waals surface area (Å²) in [6.45, 7) is 6.53. The first-order valence-corrected chi connectivity index (χ1v) is 4.14. The highest BCUT2D eigenvalue weighted by molar-refractivity contribution is 6.52. The van der Waals surface area contributed by atoms with Gasteiger partial charge >= 0.3 is 0 Å². The van der Waals surface area contributed by atoms with Crippen LogP contribution in [-0.2, 0) is 0 Å². The zero-order chi connectivity index (χ0) is 8.27. The third kappa shape index (κ3) is 1.86. The number of hydrogen-bond donors (Lipinski definition) is 0. The molecule has 0 heterocycles. The summed E-state index contributed by atoms with van der Waals surface area (Å²) in [5.41, 5.74) is 2.80. The molecule has 0 saturated carbocycles. The van der Waals surface area contributed by atoms with Gasteiger partial charge < -0.3 is 0 Å². The summed E-state index contributed by atoms with van der Waals surface area (Å²) in [5.74, 6) is 0.627. The minimum absolute atomic E-state index is 0.627. The Bertz CT molecular complexity index is 228. The highest BCUT2D eigenvalue weighted by Gasteiger charge is 2.02.